The summed E-state index contributed by atoms with van der Waals surface area (Å²) in [6.45, 7) is 8.38. The maximum atomic E-state index is 11.5. The molecular formula is C11H16O2. The summed E-state index contributed by atoms with van der Waals surface area (Å²) in [5, 5.41) is 0. The molecular weight excluding hydrogens is 164 g/mol. The molecule has 0 amide bonds. The molecule has 0 aromatic carbocycles. The van der Waals surface area contributed by atoms with Crippen molar-refractivity contribution in [2.75, 3.05) is 6.61 Å². The summed E-state index contributed by atoms with van der Waals surface area (Å²) in [6, 6.07) is 0. The highest BCUT2D eigenvalue weighted by molar-refractivity contribution is 5.99. The average molecular weight is 180 g/mol. The highest BCUT2D eigenvalue weighted by Crippen LogP contribution is 2.27. The summed E-state index contributed by atoms with van der Waals surface area (Å²) >= 11 is 0. The summed E-state index contributed by atoms with van der Waals surface area (Å²) in [7, 11) is 0. The van der Waals surface area contributed by atoms with E-state index in [4.69, 9.17) is 4.74 Å². The number of allylic oxidation sites excluding steroid dienone is 3. The molecule has 0 aliphatic heterocycles. The van der Waals surface area contributed by atoms with Crippen LogP contribution in [-0.2, 0) is 9.53 Å². The normalized spacial score (nSPS) is 18.3. The van der Waals surface area contributed by atoms with Gasteiger partial charge in [-0.2, -0.15) is 0 Å². The first-order chi connectivity index (χ1) is 6.07. The Labute approximate surface area is 79.3 Å². The van der Waals surface area contributed by atoms with Crippen LogP contribution in [0.25, 0.3) is 0 Å². The van der Waals surface area contributed by atoms with E-state index >= 15 is 0 Å². The van der Waals surface area contributed by atoms with Gasteiger partial charge in [0.2, 0.25) is 0 Å². The third kappa shape index (κ3) is 1.82. The van der Waals surface area contributed by atoms with E-state index in [2.05, 4.69) is 0 Å². The lowest BCUT2D eigenvalue weighted by Crippen LogP contribution is -2.13. The van der Waals surface area contributed by atoms with Gasteiger partial charge in [-0.3, -0.25) is 4.79 Å². The van der Waals surface area contributed by atoms with Gasteiger partial charge >= 0.3 is 0 Å². The number of carbonyl (C=O) groups is 1. The topological polar surface area (TPSA) is 26.3 Å². The van der Waals surface area contributed by atoms with Gasteiger partial charge in [-0.1, -0.05) is 5.57 Å². The monoisotopic (exact) mass is 180 g/mol. The average Bonchev–Trinajstić information content (AvgIpc) is 2.09. The number of hydrogen-bond donors (Lipinski definition) is 0. The molecule has 0 unspecified atom stereocenters. The Morgan fingerprint density at radius 1 is 1.23 bits per heavy atom. The highest BCUT2D eigenvalue weighted by atomic mass is 16.5. The second-order valence-electron chi connectivity index (χ2n) is 3.39. The Morgan fingerprint density at radius 3 is 2.38 bits per heavy atom. The van der Waals surface area contributed by atoms with Crippen LogP contribution in [0, 0.1) is 0 Å². The predicted octanol–water partition coefficient (Wildman–Crippen LogP) is 2.61. The van der Waals surface area contributed by atoms with E-state index in [0.29, 0.717) is 13.0 Å². The van der Waals surface area contributed by atoms with Crippen molar-refractivity contribution >= 4 is 5.78 Å². The Balaban J connectivity index is 3.08. The quantitative estimate of drug-likeness (QED) is 0.653. The lowest BCUT2D eigenvalue weighted by atomic mass is 9.92. The first-order valence-corrected chi connectivity index (χ1v) is 4.61. The van der Waals surface area contributed by atoms with E-state index in [1.807, 2.05) is 27.7 Å². The van der Waals surface area contributed by atoms with E-state index in [1.165, 1.54) is 0 Å². The molecule has 0 saturated heterocycles. The van der Waals surface area contributed by atoms with Crippen LogP contribution in [0.2, 0.25) is 0 Å². The van der Waals surface area contributed by atoms with Gasteiger partial charge < -0.3 is 4.74 Å². The van der Waals surface area contributed by atoms with Crippen molar-refractivity contribution in [3.05, 3.63) is 22.5 Å². The predicted molar refractivity (Wildman–Crippen MR) is 52.3 cm³/mol. The van der Waals surface area contributed by atoms with Crippen LogP contribution < -0.4 is 0 Å². The Kier molecular flexibility index (Phi) is 2.91. The maximum Gasteiger partial charge on any atom is 0.166 e. The molecule has 0 radical (unpaired) electrons. The molecule has 0 bridgehead atoms. The summed E-state index contributed by atoms with van der Waals surface area (Å²) < 4.78 is 5.45. The first kappa shape index (κ1) is 10.0. The minimum absolute atomic E-state index is 0.187. The van der Waals surface area contributed by atoms with E-state index < -0.39 is 0 Å². The fourth-order valence-corrected chi connectivity index (χ4v) is 1.47. The Hall–Kier alpha value is -1.05. The van der Waals surface area contributed by atoms with E-state index in [0.717, 1.165) is 22.5 Å². The van der Waals surface area contributed by atoms with Crippen molar-refractivity contribution in [3.8, 4) is 0 Å². The van der Waals surface area contributed by atoms with Gasteiger partial charge in [0.15, 0.2) is 5.78 Å². The van der Waals surface area contributed by atoms with E-state index in [1.54, 1.807) is 0 Å². The number of Topliss-reactive ketones (excluding diaryl/α,β-unsaturated/α-hetero) is 1. The van der Waals surface area contributed by atoms with Crippen LogP contribution in [0.15, 0.2) is 22.5 Å². The largest absolute Gasteiger partial charge is 0.493 e. The molecule has 0 heterocycles. The van der Waals surface area contributed by atoms with Crippen LogP contribution in [0.5, 0.6) is 0 Å². The third-order valence-electron chi connectivity index (χ3n) is 2.45. The minimum atomic E-state index is 0.187. The lowest BCUT2D eigenvalue weighted by molar-refractivity contribution is -0.115. The number of carbonyl (C=O) groups excluding carboxylic acids is 1. The zero-order valence-corrected chi connectivity index (χ0v) is 8.73. The van der Waals surface area contributed by atoms with Crippen molar-refractivity contribution in [1.29, 1.82) is 0 Å². The molecule has 0 spiro atoms. The molecule has 2 nitrogen and oxygen atoms in total. The standard InChI is InChI=1S/C11H16O2/c1-5-13-11-8(3)7(2)6-10(12)9(11)4/h5-6H2,1-4H3. The zero-order valence-electron chi connectivity index (χ0n) is 8.73. The van der Waals surface area contributed by atoms with Gasteiger partial charge in [0.05, 0.1) is 6.61 Å². The molecule has 1 aliphatic carbocycles. The maximum absolute atomic E-state index is 11.5. The molecule has 1 rings (SSSR count). The SMILES string of the molecule is CCOC1=C(C)C(=O)CC(C)=C1C. The molecule has 0 aromatic rings. The number of ketones is 1. The van der Waals surface area contributed by atoms with Crippen LogP contribution in [0.4, 0.5) is 0 Å². The van der Waals surface area contributed by atoms with Gasteiger partial charge in [-0.15, -0.1) is 0 Å². The van der Waals surface area contributed by atoms with Gasteiger partial charge in [-0.25, -0.2) is 0 Å². The molecule has 0 fully saturated rings. The zero-order chi connectivity index (χ0) is 10.0. The molecule has 0 aromatic heterocycles. The summed E-state index contributed by atoms with van der Waals surface area (Å²) in [5.41, 5.74) is 3.02. The van der Waals surface area contributed by atoms with E-state index in [-0.39, 0.29) is 5.78 Å². The summed E-state index contributed by atoms with van der Waals surface area (Å²) in [5.74, 6) is 0.975. The fourth-order valence-electron chi connectivity index (χ4n) is 1.47. The van der Waals surface area contributed by atoms with Gasteiger partial charge in [0.25, 0.3) is 0 Å². The fraction of sp³-hybridized carbons (Fsp3) is 0.545. The van der Waals surface area contributed by atoms with Gasteiger partial charge in [0.1, 0.15) is 5.76 Å². The van der Waals surface area contributed by atoms with Crippen LogP contribution in [0.1, 0.15) is 34.1 Å². The van der Waals surface area contributed by atoms with Crippen LogP contribution in [0.3, 0.4) is 0 Å². The van der Waals surface area contributed by atoms with Crippen molar-refractivity contribution in [3.63, 3.8) is 0 Å². The minimum Gasteiger partial charge on any atom is -0.493 e. The molecule has 0 saturated carbocycles. The summed E-state index contributed by atoms with van der Waals surface area (Å²) in [4.78, 5) is 11.5. The molecule has 13 heavy (non-hydrogen) atoms. The second-order valence-corrected chi connectivity index (χ2v) is 3.39. The number of hydrogen-bond acceptors (Lipinski definition) is 2. The lowest BCUT2D eigenvalue weighted by Gasteiger charge is -2.19. The second kappa shape index (κ2) is 3.77. The van der Waals surface area contributed by atoms with Crippen molar-refractivity contribution in [2.24, 2.45) is 0 Å². The third-order valence-corrected chi connectivity index (χ3v) is 2.45. The molecule has 2 heteroatoms. The van der Waals surface area contributed by atoms with Crippen LogP contribution >= 0.6 is 0 Å². The summed E-state index contributed by atoms with van der Waals surface area (Å²) in [6.07, 6.45) is 0.550. The highest BCUT2D eigenvalue weighted by Gasteiger charge is 2.21. The molecule has 72 valence electrons. The number of ether oxygens (including phenoxy) is 1. The van der Waals surface area contributed by atoms with Crippen molar-refractivity contribution < 1.29 is 9.53 Å². The Bertz CT molecular complexity index is 295. The van der Waals surface area contributed by atoms with E-state index in [9.17, 15) is 4.79 Å². The van der Waals surface area contributed by atoms with Crippen molar-refractivity contribution in [2.45, 2.75) is 34.1 Å². The molecule has 0 atom stereocenters. The van der Waals surface area contributed by atoms with Crippen LogP contribution in [-0.4, -0.2) is 12.4 Å². The smallest absolute Gasteiger partial charge is 0.166 e. The molecule has 1 aliphatic rings. The Morgan fingerprint density at radius 2 is 1.85 bits per heavy atom. The van der Waals surface area contributed by atoms with Gasteiger partial charge in [-0.05, 0) is 33.3 Å². The van der Waals surface area contributed by atoms with Crippen molar-refractivity contribution in [1.82, 2.24) is 0 Å². The number of rotatable bonds is 2. The molecule has 0 N–H and O–H groups in total. The first-order valence-electron chi connectivity index (χ1n) is 4.61. The van der Waals surface area contributed by atoms with Gasteiger partial charge in [0, 0.05) is 12.0 Å².